The van der Waals surface area contributed by atoms with Crippen LogP contribution in [-0.2, 0) is 4.79 Å². The summed E-state index contributed by atoms with van der Waals surface area (Å²) in [5.41, 5.74) is 0. The summed E-state index contributed by atoms with van der Waals surface area (Å²) in [6, 6.07) is 0.599. The number of piperazine rings is 1. The van der Waals surface area contributed by atoms with Crippen LogP contribution in [0.1, 0.15) is 52.9 Å². The fraction of sp³-hybridized carbons (Fsp3) is 0.944. The Balaban J connectivity index is 1.62. The number of hydrogen-bond acceptors (Lipinski definition) is 3. The lowest BCUT2D eigenvalue weighted by Gasteiger charge is -2.37. The van der Waals surface area contributed by atoms with E-state index in [0.29, 0.717) is 18.4 Å². The molecule has 0 saturated carbocycles. The SMILES string of the molecule is CCCC1CCN(CCC(=O)N2CCN(C(C)C)CC2)CC1. The summed E-state index contributed by atoms with van der Waals surface area (Å²) >= 11 is 0. The van der Waals surface area contributed by atoms with Gasteiger partial charge in [-0.2, -0.15) is 0 Å². The standard InChI is InChI=1S/C18H35N3O/c1-4-5-17-6-9-19(10-7-17)11-8-18(22)21-14-12-20(13-15-21)16(2)3/h16-17H,4-15H2,1-3H3. The normalized spacial score (nSPS) is 22.5. The minimum atomic E-state index is 0.360. The van der Waals surface area contributed by atoms with Gasteiger partial charge < -0.3 is 9.80 Å². The highest BCUT2D eigenvalue weighted by atomic mass is 16.2. The minimum absolute atomic E-state index is 0.360. The number of piperidine rings is 1. The number of rotatable bonds is 6. The van der Waals surface area contributed by atoms with E-state index in [-0.39, 0.29) is 0 Å². The molecule has 2 saturated heterocycles. The lowest BCUT2D eigenvalue weighted by Crippen LogP contribution is -2.51. The second kappa shape index (κ2) is 8.88. The molecule has 0 spiro atoms. The lowest BCUT2D eigenvalue weighted by atomic mass is 9.92. The maximum Gasteiger partial charge on any atom is 0.223 e. The van der Waals surface area contributed by atoms with Crippen LogP contribution in [-0.4, -0.2) is 72.5 Å². The second-order valence-corrected chi connectivity index (χ2v) is 7.33. The molecule has 0 aromatic rings. The molecule has 2 fully saturated rings. The van der Waals surface area contributed by atoms with Gasteiger partial charge >= 0.3 is 0 Å². The van der Waals surface area contributed by atoms with Crippen molar-refractivity contribution in [1.29, 1.82) is 0 Å². The van der Waals surface area contributed by atoms with Crippen molar-refractivity contribution in [2.75, 3.05) is 45.8 Å². The molecule has 2 aliphatic heterocycles. The molecule has 4 heteroatoms. The molecule has 2 rings (SSSR count). The van der Waals surface area contributed by atoms with Crippen LogP contribution >= 0.6 is 0 Å². The average molecular weight is 309 g/mol. The first-order valence-corrected chi connectivity index (χ1v) is 9.34. The van der Waals surface area contributed by atoms with Crippen molar-refractivity contribution in [1.82, 2.24) is 14.7 Å². The molecule has 4 nitrogen and oxygen atoms in total. The van der Waals surface area contributed by atoms with Crippen molar-refractivity contribution < 1.29 is 4.79 Å². The highest BCUT2D eigenvalue weighted by molar-refractivity contribution is 5.76. The van der Waals surface area contributed by atoms with Crippen LogP contribution in [0.2, 0.25) is 0 Å². The molecule has 0 aliphatic carbocycles. The van der Waals surface area contributed by atoms with Crippen molar-refractivity contribution in [2.45, 2.75) is 58.9 Å². The van der Waals surface area contributed by atoms with Gasteiger partial charge in [0.25, 0.3) is 0 Å². The zero-order valence-electron chi connectivity index (χ0n) is 14.9. The molecule has 2 heterocycles. The van der Waals surface area contributed by atoms with Gasteiger partial charge in [-0.3, -0.25) is 9.69 Å². The van der Waals surface area contributed by atoms with E-state index in [0.717, 1.165) is 38.6 Å². The Bertz CT molecular complexity index is 329. The topological polar surface area (TPSA) is 26.8 Å². The van der Waals surface area contributed by atoms with Crippen LogP contribution in [0.15, 0.2) is 0 Å². The predicted octanol–water partition coefficient (Wildman–Crippen LogP) is 2.44. The van der Waals surface area contributed by atoms with Crippen LogP contribution in [0.5, 0.6) is 0 Å². The number of nitrogens with zero attached hydrogens (tertiary/aromatic N) is 3. The Morgan fingerprint density at radius 2 is 1.68 bits per heavy atom. The van der Waals surface area contributed by atoms with Crippen molar-refractivity contribution in [2.24, 2.45) is 5.92 Å². The second-order valence-electron chi connectivity index (χ2n) is 7.33. The molecule has 0 aromatic heterocycles. The molecular formula is C18H35N3O. The van der Waals surface area contributed by atoms with E-state index >= 15 is 0 Å². The molecule has 0 aromatic carbocycles. The van der Waals surface area contributed by atoms with E-state index in [9.17, 15) is 4.79 Å². The Hall–Kier alpha value is -0.610. The zero-order chi connectivity index (χ0) is 15.9. The molecule has 0 atom stereocenters. The van der Waals surface area contributed by atoms with Gasteiger partial charge in [0.1, 0.15) is 0 Å². The monoisotopic (exact) mass is 309 g/mol. The van der Waals surface area contributed by atoms with Gasteiger partial charge in [-0.05, 0) is 45.7 Å². The minimum Gasteiger partial charge on any atom is -0.340 e. The Morgan fingerprint density at radius 1 is 1.05 bits per heavy atom. The van der Waals surface area contributed by atoms with E-state index in [1.165, 1.54) is 38.8 Å². The van der Waals surface area contributed by atoms with Gasteiger partial charge in [-0.25, -0.2) is 0 Å². The number of likely N-dealkylation sites (tertiary alicyclic amines) is 1. The smallest absolute Gasteiger partial charge is 0.223 e. The van der Waals surface area contributed by atoms with Crippen molar-refractivity contribution >= 4 is 5.91 Å². The third-order valence-corrected chi connectivity index (χ3v) is 5.44. The summed E-state index contributed by atoms with van der Waals surface area (Å²) in [7, 11) is 0. The fourth-order valence-electron chi connectivity index (χ4n) is 3.81. The Morgan fingerprint density at radius 3 is 2.23 bits per heavy atom. The maximum absolute atomic E-state index is 12.4. The van der Waals surface area contributed by atoms with E-state index in [1.54, 1.807) is 0 Å². The lowest BCUT2D eigenvalue weighted by molar-refractivity contribution is -0.133. The van der Waals surface area contributed by atoms with Crippen molar-refractivity contribution in [3.8, 4) is 0 Å². The van der Waals surface area contributed by atoms with Gasteiger partial charge in [0.15, 0.2) is 0 Å². The summed E-state index contributed by atoms with van der Waals surface area (Å²) in [5.74, 6) is 1.29. The van der Waals surface area contributed by atoms with Gasteiger partial charge in [0.05, 0.1) is 0 Å². The average Bonchev–Trinajstić information content (AvgIpc) is 2.54. The van der Waals surface area contributed by atoms with E-state index in [1.807, 2.05) is 0 Å². The molecule has 0 unspecified atom stereocenters. The number of carbonyl (C=O) groups is 1. The highest BCUT2D eigenvalue weighted by Gasteiger charge is 2.23. The van der Waals surface area contributed by atoms with E-state index in [2.05, 4.69) is 35.5 Å². The fourth-order valence-corrected chi connectivity index (χ4v) is 3.81. The largest absolute Gasteiger partial charge is 0.340 e. The molecule has 22 heavy (non-hydrogen) atoms. The van der Waals surface area contributed by atoms with Gasteiger partial charge in [-0.1, -0.05) is 19.8 Å². The number of carbonyl (C=O) groups excluding carboxylic acids is 1. The summed E-state index contributed by atoms with van der Waals surface area (Å²) in [6.07, 6.45) is 6.06. The van der Waals surface area contributed by atoms with E-state index in [4.69, 9.17) is 0 Å². The van der Waals surface area contributed by atoms with Gasteiger partial charge in [-0.15, -0.1) is 0 Å². The third kappa shape index (κ3) is 5.24. The highest BCUT2D eigenvalue weighted by Crippen LogP contribution is 2.21. The number of amides is 1. The molecule has 0 bridgehead atoms. The Labute approximate surface area is 136 Å². The molecule has 2 aliphatic rings. The Kier molecular flexibility index (Phi) is 7.16. The first-order chi connectivity index (χ1) is 10.6. The molecule has 128 valence electrons. The quantitative estimate of drug-likeness (QED) is 0.754. The summed E-state index contributed by atoms with van der Waals surface area (Å²) < 4.78 is 0. The van der Waals surface area contributed by atoms with Crippen molar-refractivity contribution in [3.05, 3.63) is 0 Å². The number of hydrogen-bond donors (Lipinski definition) is 0. The van der Waals surface area contributed by atoms with Crippen molar-refractivity contribution in [3.63, 3.8) is 0 Å². The summed E-state index contributed by atoms with van der Waals surface area (Å²) in [4.78, 5) is 19.4. The first-order valence-electron chi connectivity index (χ1n) is 9.34. The first kappa shape index (κ1) is 17.7. The third-order valence-electron chi connectivity index (χ3n) is 5.44. The van der Waals surface area contributed by atoms with Gasteiger partial charge in [0, 0.05) is 45.2 Å². The summed E-state index contributed by atoms with van der Waals surface area (Å²) in [5, 5.41) is 0. The predicted molar refractivity (Wildman–Crippen MR) is 92.0 cm³/mol. The van der Waals surface area contributed by atoms with Crippen LogP contribution in [0.25, 0.3) is 0 Å². The molecule has 0 radical (unpaired) electrons. The van der Waals surface area contributed by atoms with Gasteiger partial charge in [0.2, 0.25) is 5.91 Å². The summed E-state index contributed by atoms with van der Waals surface area (Å²) in [6.45, 7) is 14.0. The van der Waals surface area contributed by atoms with Crippen LogP contribution < -0.4 is 0 Å². The van der Waals surface area contributed by atoms with Crippen LogP contribution in [0, 0.1) is 5.92 Å². The molecule has 0 N–H and O–H groups in total. The van der Waals surface area contributed by atoms with Crippen LogP contribution in [0.4, 0.5) is 0 Å². The zero-order valence-corrected chi connectivity index (χ0v) is 14.9. The molecule has 1 amide bonds. The van der Waals surface area contributed by atoms with E-state index < -0.39 is 0 Å². The van der Waals surface area contributed by atoms with Crippen LogP contribution in [0.3, 0.4) is 0 Å². The maximum atomic E-state index is 12.4. The molecular weight excluding hydrogens is 274 g/mol.